The topological polar surface area (TPSA) is 142 Å². The third-order valence-electron chi connectivity index (χ3n) is 7.29. The van der Waals surface area contributed by atoms with Gasteiger partial charge in [0, 0.05) is 36.4 Å². The molecule has 0 bridgehead atoms. The molecule has 2 aliphatic rings. The van der Waals surface area contributed by atoms with Gasteiger partial charge in [0.1, 0.15) is 12.1 Å². The zero-order valence-corrected chi connectivity index (χ0v) is 23.8. The second-order valence-electron chi connectivity index (χ2n) is 11.1. The van der Waals surface area contributed by atoms with Crippen molar-refractivity contribution in [3.05, 3.63) is 51.3 Å². The highest BCUT2D eigenvalue weighted by atomic mass is 35.5. The minimum absolute atomic E-state index is 0.0900. The van der Waals surface area contributed by atoms with Crippen molar-refractivity contribution in [1.82, 2.24) is 25.1 Å². The Kier molecular flexibility index (Phi) is 8.56. The molecule has 0 radical (unpaired) electrons. The number of nitrogen functional groups attached to an aromatic ring is 1. The average Bonchev–Trinajstić information content (AvgIpc) is 3.34. The van der Waals surface area contributed by atoms with Gasteiger partial charge in [-0.05, 0) is 76.1 Å². The van der Waals surface area contributed by atoms with Crippen molar-refractivity contribution in [3.63, 3.8) is 0 Å². The molecule has 1 saturated heterocycles. The fraction of sp³-hybridized carbons (Fsp3) is 0.519. The SMILES string of the molecule is CC(C)(C)N(C(=O)O)[C@H](Cc1ccc(Cl)c(Cl)c1)C(=O)N1CCC[C@H]1C(=O)NC1CCc2nc(N)ncc2C1. The van der Waals surface area contributed by atoms with Crippen LogP contribution in [-0.2, 0) is 28.9 Å². The Morgan fingerprint density at radius 2 is 1.97 bits per heavy atom. The summed E-state index contributed by atoms with van der Waals surface area (Å²) in [4.78, 5) is 51.0. The summed E-state index contributed by atoms with van der Waals surface area (Å²) in [6, 6.07) is 3.12. The van der Waals surface area contributed by atoms with E-state index in [4.69, 9.17) is 28.9 Å². The van der Waals surface area contributed by atoms with Gasteiger partial charge in [0.25, 0.3) is 0 Å². The summed E-state index contributed by atoms with van der Waals surface area (Å²) >= 11 is 12.3. The van der Waals surface area contributed by atoms with Gasteiger partial charge in [0.05, 0.1) is 10.0 Å². The number of aryl methyl sites for hydroxylation is 1. The first-order valence-electron chi connectivity index (χ1n) is 13.0. The fourth-order valence-corrected chi connectivity index (χ4v) is 5.83. The molecule has 1 aliphatic heterocycles. The Balaban J connectivity index is 1.55. The highest BCUT2D eigenvalue weighted by Crippen LogP contribution is 2.29. The summed E-state index contributed by atoms with van der Waals surface area (Å²) in [6.45, 7) is 5.58. The smallest absolute Gasteiger partial charge is 0.408 e. The molecule has 39 heavy (non-hydrogen) atoms. The van der Waals surface area contributed by atoms with Crippen LogP contribution in [0.3, 0.4) is 0 Å². The fourth-order valence-electron chi connectivity index (χ4n) is 5.50. The van der Waals surface area contributed by atoms with Crippen molar-refractivity contribution in [2.45, 2.75) is 83.0 Å². The molecule has 12 heteroatoms. The summed E-state index contributed by atoms with van der Waals surface area (Å²) in [5, 5.41) is 13.9. The predicted octanol–water partition coefficient (Wildman–Crippen LogP) is 3.72. The molecule has 10 nitrogen and oxygen atoms in total. The minimum atomic E-state index is -1.22. The molecule has 1 aromatic carbocycles. The largest absolute Gasteiger partial charge is 0.465 e. The first-order valence-corrected chi connectivity index (χ1v) is 13.8. The van der Waals surface area contributed by atoms with Crippen LogP contribution in [0.2, 0.25) is 10.0 Å². The predicted molar refractivity (Wildman–Crippen MR) is 149 cm³/mol. The zero-order valence-electron chi connectivity index (χ0n) is 22.3. The van der Waals surface area contributed by atoms with Crippen LogP contribution < -0.4 is 11.1 Å². The lowest BCUT2D eigenvalue weighted by Crippen LogP contribution is -2.60. The number of fused-ring (bicyclic) bond motifs is 1. The minimum Gasteiger partial charge on any atom is -0.465 e. The molecule has 3 amide bonds. The standard InChI is InChI=1S/C27H34Cl2N6O4/c1-27(2,3)35(26(38)39)22(12-15-6-8-18(28)19(29)11-15)24(37)34-10-4-5-21(34)23(36)32-17-7-9-20-16(13-17)14-31-25(30)33-20/h6,8,11,14,17,21-22H,4-5,7,9-10,12-13H2,1-3H3,(H,32,36)(H,38,39)(H2,30,31,33)/t17?,21-,22+/m0/s1. The number of nitrogens with zero attached hydrogens (tertiary/aromatic N) is 4. The van der Waals surface area contributed by atoms with Crippen molar-refractivity contribution in [3.8, 4) is 0 Å². The molecule has 0 saturated carbocycles. The number of nitrogens with two attached hydrogens (primary N) is 1. The van der Waals surface area contributed by atoms with Gasteiger partial charge in [-0.1, -0.05) is 29.3 Å². The van der Waals surface area contributed by atoms with Crippen LogP contribution in [0.1, 0.15) is 56.9 Å². The molecule has 1 fully saturated rings. The van der Waals surface area contributed by atoms with Crippen molar-refractivity contribution in [1.29, 1.82) is 0 Å². The highest BCUT2D eigenvalue weighted by molar-refractivity contribution is 6.42. The zero-order chi connectivity index (χ0) is 28.5. The van der Waals surface area contributed by atoms with Crippen molar-refractivity contribution >= 4 is 47.1 Å². The molecule has 2 heterocycles. The van der Waals surface area contributed by atoms with Gasteiger partial charge in [0.15, 0.2) is 0 Å². The number of anilines is 1. The molecule has 4 rings (SSSR count). The van der Waals surface area contributed by atoms with E-state index >= 15 is 0 Å². The number of amides is 3. The number of hydrogen-bond donors (Lipinski definition) is 3. The lowest BCUT2D eigenvalue weighted by Gasteiger charge is -2.41. The van der Waals surface area contributed by atoms with Crippen molar-refractivity contribution < 1.29 is 19.5 Å². The lowest BCUT2D eigenvalue weighted by atomic mass is 9.92. The highest BCUT2D eigenvalue weighted by Gasteiger charge is 2.44. The molecular weight excluding hydrogens is 543 g/mol. The van der Waals surface area contributed by atoms with Crippen LogP contribution >= 0.6 is 23.2 Å². The van der Waals surface area contributed by atoms with E-state index in [-0.39, 0.29) is 24.3 Å². The van der Waals surface area contributed by atoms with E-state index < -0.39 is 29.6 Å². The van der Waals surface area contributed by atoms with Gasteiger partial charge in [0.2, 0.25) is 17.8 Å². The number of carbonyl (C=O) groups is 3. The van der Waals surface area contributed by atoms with Gasteiger partial charge in [-0.2, -0.15) is 0 Å². The Hall–Kier alpha value is -3.11. The van der Waals surface area contributed by atoms with E-state index in [0.29, 0.717) is 54.3 Å². The Labute approximate surface area is 237 Å². The van der Waals surface area contributed by atoms with Crippen molar-refractivity contribution in [2.24, 2.45) is 0 Å². The van der Waals surface area contributed by atoms with Gasteiger partial charge >= 0.3 is 6.09 Å². The van der Waals surface area contributed by atoms with Crippen LogP contribution in [0.4, 0.5) is 10.7 Å². The Morgan fingerprint density at radius 3 is 2.64 bits per heavy atom. The molecule has 3 atom stereocenters. The van der Waals surface area contributed by atoms with E-state index in [1.165, 1.54) is 4.90 Å². The van der Waals surface area contributed by atoms with Crippen LogP contribution in [0.5, 0.6) is 0 Å². The number of nitrogens with one attached hydrogen (secondary N) is 1. The molecule has 1 aromatic heterocycles. The summed E-state index contributed by atoms with van der Waals surface area (Å²) < 4.78 is 0. The second-order valence-corrected chi connectivity index (χ2v) is 11.9. The molecule has 2 aromatic rings. The summed E-state index contributed by atoms with van der Waals surface area (Å²) in [5.41, 5.74) is 7.33. The number of halogens is 2. The van der Waals surface area contributed by atoms with E-state index in [1.54, 1.807) is 45.2 Å². The number of benzene rings is 1. The molecule has 210 valence electrons. The molecule has 4 N–H and O–H groups in total. The van der Waals surface area contributed by atoms with E-state index in [9.17, 15) is 19.5 Å². The number of likely N-dealkylation sites (tertiary alicyclic amines) is 1. The normalized spacial score (nSPS) is 19.8. The van der Waals surface area contributed by atoms with Gasteiger partial charge in [-0.15, -0.1) is 0 Å². The van der Waals surface area contributed by atoms with Gasteiger partial charge < -0.3 is 21.1 Å². The Bertz CT molecular complexity index is 1270. The summed E-state index contributed by atoms with van der Waals surface area (Å²) in [7, 11) is 0. The second kappa shape index (κ2) is 11.6. The van der Waals surface area contributed by atoms with Gasteiger partial charge in [-0.3, -0.25) is 14.5 Å². The van der Waals surface area contributed by atoms with Crippen LogP contribution in [0.25, 0.3) is 0 Å². The average molecular weight is 578 g/mol. The first kappa shape index (κ1) is 28.9. The first-order chi connectivity index (χ1) is 18.3. The number of carbonyl (C=O) groups excluding carboxylic acids is 2. The van der Waals surface area contributed by atoms with E-state index in [0.717, 1.165) is 16.2 Å². The number of rotatable bonds is 6. The Morgan fingerprint density at radius 1 is 1.23 bits per heavy atom. The lowest BCUT2D eigenvalue weighted by molar-refractivity contribution is -0.143. The molecular formula is C27H34Cl2N6O4. The van der Waals surface area contributed by atoms with Crippen LogP contribution in [-0.4, -0.2) is 73.0 Å². The maximum absolute atomic E-state index is 14.1. The van der Waals surface area contributed by atoms with Crippen LogP contribution in [0.15, 0.2) is 24.4 Å². The monoisotopic (exact) mass is 576 g/mol. The van der Waals surface area contributed by atoms with Crippen molar-refractivity contribution in [2.75, 3.05) is 12.3 Å². The number of aromatic nitrogens is 2. The number of hydrogen-bond acceptors (Lipinski definition) is 6. The van der Waals surface area contributed by atoms with Gasteiger partial charge in [-0.25, -0.2) is 14.8 Å². The maximum Gasteiger partial charge on any atom is 0.408 e. The van der Waals surface area contributed by atoms with Crippen LogP contribution in [0, 0.1) is 0 Å². The molecule has 1 aliphatic carbocycles. The number of carboxylic acid groups (broad SMARTS) is 1. The third-order valence-corrected chi connectivity index (χ3v) is 8.03. The quantitative estimate of drug-likeness (QED) is 0.475. The summed E-state index contributed by atoms with van der Waals surface area (Å²) in [6.07, 6.45) is 3.67. The van der Waals surface area contributed by atoms with E-state index in [1.807, 2.05) is 0 Å². The van der Waals surface area contributed by atoms with E-state index in [2.05, 4.69) is 15.3 Å². The summed E-state index contributed by atoms with van der Waals surface area (Å²) in [5.74, 6) is -0.414. The third kappa shape index (κ3) is 6.55. The molecule has 0 spiro atoms. The molecule has 1 unspecified atom stereocenters. The maximum atomic E-state index is 14.1.